The summed E-state index contributed by atoms with van der Waals surface area (Å²) in [6.07, 6.45) is -5.14. The van der Waals surface area contributed by atoms with Gasteiger partial charge in [0.25, 0.3) is 5.92 Å². The van der Waals surface area contributed by atoms with Gasteiger partial charge in [-0.1, -0.05) is 0 Å². The van der Waals surface area contributed by atoms with Gasteiger partial charge < -0.3 is 34.2 Å². The fourth-order valence-corrected chi connectivity index (χ4v) is 7.42. The van der Waals surface area contributed by atoms with Crippen LogP contribution in [0.25, 0.3) is 11.0 Å². The molecule has 2 aromatic heterocycles. The summed E-state index contributed by atoms with van der Waals surface area (Å²) in [5, 5.41) is 20.8. The van der Waals surface area contributed by atoms with E-state index in [0.717, 1.165) is 0 Å². The van der Waals surface area contributed by atoms with Crippen LogP contribution in [0.1, 0.15) is 12.6 Å². The number of nitrogens with zero attached hydrogens (tertiary/aromatic N) is 4. The summed E-state index contributed by atoms with van der Waals surface area (Å²) in [4.78, 5) is 27.3. The van der Waals surface area contributed by atoms with Gasteiger partial charge >= 0.3 is 7.60 Å². The van der Waals surface area contributed by atoms with Crippen LogP contribution in [0.3, 0.4) is 0 Å². The summed E-state index contributed by atoms with van der Waals surface area (Å²) in [6.45, 7) is -0.539. The van der Waals surface area contributed by atoms with Crippen LogP contribution in [-0.4, -0.2) is 91.5 Å². The third-order valence-electron chi connectivity index (χ3n) is 5.39. The Morgan fingerprint density at radius 1 is 1.27 bits per heavy atom. The molecular formula is C16H20ClF2N4O8PS. The van der Waals surface area contributed by atoms with Gasteiger partial charge in [0, 0.05) is 19.2 Å². The van der Waals surface area contributed by atoms with E-state index in [1.807, 2.05) is 0 Å². The molecule has 4 rings (SSSR count). The number of sulfone groups is 1. The Balaban J connectivity index is 1.64. The van der Waals surface area contributed by atoms with Crippen molar-refractivity contribution in [3.05, 3.63) is 17.5 Å². The second kappa shape index (κ2) is 8.34. The van der Waals surface area contributed by atoms with Crippen LogP contribution in [-0.2, 0) is 19.1 Å². The first-order valence-electron chi connectivity index (χ1n) is 9.59. The van der Waals surface area contributed by atoms with E-state index in [-0.39, 0.29) is 29.7 Å². The van der Waals surface area contributed by atoms with Gasteiger partial charge in [0.15, 0.2) is 21.6 Å². The number of alkyl halides is 2. The molecule has 12 nitrogen and oxygen atoms in total. The normalized spacial score (nSPS) is 28.2. The van der Waals surface area contributed by atoms with Gasteiger partial charge in [0.2, 0.25) is 5.28 Å². The summed E-state index contributed by atoms with van der Waals surface area (Å²) >= 11 is 6.00. The van der Waals surface area contributed by atoms with Crippen LogP contribution < -0.4 is 4.90 Å². The molecule has 0 spiro atoms. The van der Waals surface area contributed by atoms with Crippen LogP contribution in [0.2, 0.25) is 5.28 Å². The molecule has 4 N–H and O–H groups in total. The zero-order valence-electron chi connectivity index (χ0n) is 16.7. The van der Waals surface area contributed by atoms with E-state index in [4.69, 9.17) is 26.1 Å². The van der Waals surface area contributed by atoms with Gasteiger partial charge in [-0.25, -0.2) is 17.2 Å². The minimum absolute atomic E-state index is 0.0292. The summed E-state index contributed by atoms with van der Waals surface area (Å²) in [6, 6.07) is 1.48. The van der Waals surface area contributed by atoms with Crippen molar-refractivity contribution in [2.45, 2.75) is 36.9 Å². The van der Waals surface area contributed by atoms with Crippen molar-refractivity contribution in [2.24, 2.45) is 0 Å². The van der Waals surface area contributed by atoms with Gasteiger partial charge in [0.1, 0.15) is 29.8 Å². The van der Waals surface area contributed by atoms with E-state index in [1.165, 1.54) is 21.7 Å². The molecule has 2 fully saturated rings. The van der Waals surface area contributed by atoms with Crippen LogP contribution in [0.5, 0.6) is 0 Å². The lowest BCUT2D eigenvalue weighted by atomic mass is 10.1. The van der Waals surface area contributed by atoms with Crippen molar-refractivity contribution in [2.75, 3.05) is 29.2 Å². The number of ether oxygens (including phenoxy) is 1. The minimum Gasteiger partial charge on any atom is -0.387 e. The Morgan fingerprint density at radius 2 is 1.97 bits per heavy atom. The van der Waals surface area contributed by atoms with Crippen molar-refractivity contribution in [1.82, 2.24) is 14.5 Å². The summed E-state index contributed by atoms with van der Waals surface area (Å²) < 4.78 is 69.4. The molecule has 0 unspecified atom stereocenters. The average Bonchev–Trinajstić information content (AvgIpc) is 3.30. The molecule has 0 aromatic carbocycles. The lowest BCUT2D eigenvalue weighted by Crippen LogP contribution is -2.35. The van der Waals surface area contributed by atoms with E-state index in [0.29, 0.717) is 5.39 Å². The Morgan fingerprint density at radius 3 is 2.58 bits per heavy atom. The predicted octanol–water partition coefficient (Wildman–Crippen LogP) is 0.0993. The smallest absolute Gasteiger partial charge is 0.340 e. The Kier molecular flexibility index (Phi) is 6.24. The SMILES string of the molecule is O=P(O)(O)CS(=O)(=O)C[C@H]1O[C@@H](n2ccc3c(N4CCC(F)(F)C4)nc(Cl)nc32)[C@H](O)[C@@H]1O. The number of halogens is 3. The third-order valence-corrected chi connectivity index (χ3v) is 9.31. The van der Waals surface area contributed by atoms with Crippen molar-refractivity contribution in [1.29, 1.82) is 0 Å². The average molecular weight is 533 g/mol. The van der Waals surface area contributed by atoms with Crippen molar-refractivity contribution >= 4 is 45.9 Å². The number of hydrogen-bond acceptors (Lipinski definition) is 9. The molecule has 4 atom stereocenters. The molecule has 33 heavy (non-hydrogen) atoms. The molecule has 17 heteroatoms. The number of hydrogen-bond donors (Lipinski definition) is 4. The van der Waals surface area contributed by atoms with E-state index in [9.17, 15) is 32.0 Å². The molecule has 2 aromatic rings. The number of anilines is 1. The molecule has 0 aliphatic carbocycles. The summed E-state index contributed by atoms with van der Waals surface area (Å²) in [5.74, 6) is -3.70. The highest BCUT2D eigenvalue weighted by Gasteiger charge is 2.47. The molecule has 2 aliphatic heterocycles. The maximum atomic E-state index is 13.7. The molecule has 0 amide bonds. The molecule has 4 heterocycles. The van der Waals surface area contributed by atoms with Gasteiger partial charge in [-0.05, 0) is 17.7 Å². The fraction of sp³-hybridized carbons (Fsp3) is 0.625. The Bertz CT molecular complexity index is 1220. The number of aromatic nitrogens is 3. The fourth-order valence-electron chi connectivity index (χ4n) is 4.01. The first-order valence-corrected chi connectivity index (χ1v) is 13.6. The summed E-state index contributed by atoms with van der Waals surface area (Å²) in [7, 11) is -9.23. The number of aliphatic hydroxyl groups is 2. The third kappa shape index (κ3) is 5.15. The quantitative estimate of drug-likeness (QED) is 0.293. The molecule has 184 valence electrons. The van der Waals surface area contributed by atoms with E-state index < -0.39 is 65.7 Å². The second-order valence-corrected chi connectivity index (χ2v) is 12.6. The van der Waals surface area contributed by atoms with Crippen LogP contribution >= 0.6 is 19.2 Å². The number of aliphatic hydroxyl groups excluding tert-OH is 2. The van der Waals surface area contributed by atoms with Gasteiger partial charge in [-0.3, -0.25) is 4.57 Å². The second-order valence-electron chi connectivity index (χ2n) is 8.05. The molecule has 0 radical (unpaired) electrons. The van der Waals surface area contributed by atoms with Crippen molar-refractivity contribution in [3.63, 3.8) is 0 Å². The first-order chi connectivity index (χ1) is 15.2. The standard InChI is InChI=1S/C16H20ClF2N4O8PS/c17-15-20-12(22-4-2-16(18,19)6-22)8-1-3-23(13(8)21-15)14-11(25)10(24)9(31-14)5-33(29,30)7-32(26,27)28/h1,3,9-11,14,24-25H,2,4-7H2,(H2,26,27,28)/t9-,10-,11-,14-/m1/s1. The first kappa shape index (κ1) is 24.7. The highest BCUT2D eigenvalue weighted by Crippen LogP contribution is 2.39. The molecule has 0 bridgehead atoms. The summed E-state index contributed by atoms with van der Waals surface area (Å²) in [5.41, 5.74) is -1.35. The highest BCUT2D eigenvalue weighted by molar-refractivity contribution is 7.97. The predicted molar refractivity (Wildman–Crippen MR) is 111 cm³/mol. The molecule has 2 saturated heterocycles. The maximum Gasteiger partial charge on any atom is 0.340 e. The van der Waals surface area contributed by atoms with Gasteiger partial charge in [-0.2, -0.15) is 9.97 Å². The van der Waals surface area contributed by atoms with Crippen LogP contribution in [0, 0.1) is 0 Å². The van der Waals surface area contributed by atoms with E-state index in [2.05, 4.69) is 9.97 Å². The van der Waals surface area contributed by atoms with Crippen LogP contribution in [0.15, 0.2) is 12.3 Å². The molecular weight excluding hydrogens is 513 g/mol. The largest absolute Gasteiger partial charge is 0.387 e. The lowest BCUT2D eigenvalue weighted by molar-refractivity contribution is -0.0288. The number of rotatable bonds is 6. The van der Waals surface area contributed by atoms with E-state index >= 15 is 0 Å². The molecule has 2 aliphatic rings. The minimum atomic E-state index is -4.89. The Labute approximate surface area is 190 Å². The molecule has 0 saturated carbocycles. The van der Waals surface area contributed by atoms with Crippen molar-refractivity contribution in [3.8, 4) is 0 Å². The topological polar surface area (TPSA) is 175 Å². The highest BCUT2D eigenvalue weighted by atomic mass is 35.5. The van der Waals surface area contributed by atoms with Crippen LogP contribution in [0.4, 0.5) is 14.6 Å². The van der Waals surface area contributed by atoms with Gasteiger partial charge in [0.05, 0.1) is 17.7 Å². The zero-order valence-corrected chi connectivity index (χ0v) is 19.2. The zero-order chi connectivity index (χ0) is 24.3. The van der Waals surface area contributed by atoms with Crippen molar-refractivity contribution < 1.29 is 46.5 Å². The lowest BCUT2D eigenvalue weighted by Gasteiger charge is -2.20. The monoisotopic (exact) mass is 532 g/mol. The Hall–Kier alpha value is -1.45. The number of fused-ring (bicyclic) bond motifs is 1. The van der Waals surface area contributed by atoms with E-state index in [1.54, 1.807) is 0 Å². The van der Waals surface area contributed by atoms with Gasteiger partial charge in [-0.15, -0.1) is 0 Å². The maximum absolute atomic E-state index is 13.7.